The summed E-state index contributed by atoms with van der Waals surface area (Å²) in [6.07, 6.45) is 5.04. The van der Waals surface area contributed by atoms with Crippen molar-refractivity contribution in [2.24, 2.45) is 16.8 Å². The van der Waals surface area contributed by atoms with Gasteiger partial charge in [0, 0.05) is 25.2 Å². The van der Waals surface area contributed by atoms with E-state index >= 15 is 0 Å². The highest BCUT2D eigenvalue weighted by Crippen LogP contribution is 2.29. The first-order chi connectivity index (χ1) is 12.5. The van der Waals surface area contributed by atoms with Crippen LogP contribution in [0.3, 0.4) is 0 Å². The molecule has 0 atom stereocenters. The minimum Gasteiger partial charge on any atom is -0.357 e. The van der Waals surface area contributed by atoms with Crippen LogP contribution in [0.25, 0.3) is 0 Å². The predicted molar refractivity (Wildman–Crippen MR) is 108 cm³/mol. The number of nitrogens with zero attached hydrogens (tertiary/aromatic N) is 1. The van der Waals surface area contributed by atoms with E-state index in [4.69, 9.17) is 4.99 Å². The lowest BCUT2D eigenvalue weighted by molar-refractivity contribution is 0.0963. The van der Waals surface area contributed by atoms with Gasteiger partial charge in [-0.15, -0.1) is 0 Å². The van der Waals surface area contributed by atoms with E-state index in [0.717, 1.165) is 29.9 Å². The van der Waals surface area contributed by atoms with E-state index in [1.807, 2.05) is 24.3 Å². The number of amides is 1. The van der Waals surface area contributed by atoms with Gasteiger partial charge in [0.05, 0.1) is 6.54 Å². The summed E-state index contributed by atoms with van der Waals surface area (Å²) < 4.78 is 0. The SMILES string of the molecule is CCNC(=NCc1ccc(C(=O)NC)cc1)NC1CCC(C(C)C)CC1. The number of hydrogen-bond acceptors (Lipinski definition) is 2. The van der Waals surface area contributed by atoms with E-state index in [1.54, 1.807) is 7.05 Å². The van der Waals surface area contributed by atoms with Crippen LogP contribution in [0.4, 0.5) is 0 Å². The van der Waals surface area contributed by atoms with Gasteiger partial charge in [0.1, 0.15) is 0 Å². The summed E-state index contributed by atoms with van der Waals surface area (Å²) in [6.45, 7) is 8.21. The summed E-state index contributed by atoms with van der Waals surface area (Å²) in [4.78, 5) is 16.3. The first kappa shape index (κ1) is 20.3. The fourth-order valence-electron chi connectivity index (χ4n) is 3.52. The van der Waals surface area contributed by atoms with Crippen molar-refractivity contribution in [3.05, 3.63) is 35.4 Å². The maximum absolute atomic E-state index is 11.6. The van der Waals surface area contributed by atoms with Crippen molar-refractivity contribution in [2.75, 3.05) is 13.6 Å². The number of carbonyl (C=O) groups excluding carboxylic acids is 1. The number of carbonyl (C=O) groups is 1. The maximum atomic E-state index is 11.6. The number of hydrogen-bond donors (Lipinski definition) is 3. The molecule has 26 heavy (non-hydrogen) atoms. The summed E-state index contributed by atoms with van der Waals surface area (Å²) >= 11 is 0. The van der Waals surface area contributed by atoms with Gasteiger partial charge in [-0.05, 0) is 62.1 Å². The quantitative estimate of drug-likeness (QED) is 0.540. The summed E-state index contributed by atoms with van der Waals surface area (Å²) in [7, 11) is 1.64. The van der Waals surface area contributed by atoms with Crippen LogP contribution in [0.5, 0.6) is 0 Å². The van der Waals surface area contributed by atoms with Gasteiger partial charge in [0.2, 0.25) is 0 Å². The van der Waals surface area contributed by atoms with Crippen molar-refractivity contribution in [3.63, 3.8) is 0 Å². The number of nitrogens with one attached hydrogen (secondary N) is 3. The maximum Gasteiger partial charge on any atom is 0.251 e. The molecule has 1 fully saturated rings. The Morgan fingerprint density at radius 2 is 1.81 bits per heavy atom. The molecule has 0 heterocycles. The van der Waals surface area contributed by atoms with Crippen molar-refractivity contribution in [3.8, 4) is 0 Å². The third-order valence-corrected chi connectivity index (χ3v) is 5.26. The molecule has 0 saturated heterocycles. The van der Waals surface area contributed by atoms with Gasteiger partial charge in [0.25, 0.3) is 5.91 Å². The highest BCUT2D eigenvalue weighted by atomic mass is 16.1. The summed E-state index contributed by atoms with van der Waals surface area (Å²) in [6, 6.07) is 8.13. The second kappa shape index (κ2) is 10.2. The van der Waals surface area contributed by atoms with Crippen molar-refractivity contribution >= 4 is 11.9 Å². The van der Waals surface area contributed by atoms with E-state index in [-0.39, 0.29) is 5.91 Å². The van der Waals surface area contributed by atoms with Crippen LogP contribution in [0.2, 0.25) is 0 Å². The summed E-state index contributed by atoms with van der Waals surface area (Å²) in [5, 5.41) is 9.58. The first-order valence-electron chi connectivity index (χ1n) is 9.89. The normalized spacial score (nSPS) is 20.7. The molecule has 0 bridgehead atoms. The zero-order valence-electron chi connectivity index (χ0n) is 16.6. The fourth-order valence-corrected chi connectivity index (χ4v) is 3.52. The molecule has 2 rings (SSSR count). The molecule has 0 spiro atoms. The lowest BCUT2D eigenvalue weighted by Crippen LogP contribution is -2.45. The number of aliphatic imine (C=N–C) groups is 1. The molecule has 5 nitrogen and oxygen atoms in total. The van der Waals surface area contributed by atoms with Gasteiger partial charge in [-0.2, -0.15) is 0 Å². The van der Waals surface area contributed by atoms with Gasteiger partial charge in [-0.1, -0.05) is 26.0 Å². The lowest BCUT2D eigenvalue weighted by atomic mass is 9.80. The Morgan fingerprint density at radius 1 is 1.15 bits per heavy atom. The molecule has 144 valence electrons. The molecule has 1 aliphatic carbocycles. The van der Waals surface area contributed by atoms with Gasteiger partial charge in [0.15, 0.2) is 5.96 Å². The van der Waals surface area contributed by atoms with Crippen LogP contribution in [0, 0.1) is 11.8 Å². The van der Waals surface area contributed by atoms with Gasteiger partial charge >= 0.3 is 0 Å². The largest absolute Gasteiger partial charge is 0.357 e. The fraction of sp³-hybridized carbons (Fsp3) is 0.619. The molecule has 1 saturated carbocycles. The second-order valence-corrected chi connectivity index (χ2v) is 7.47. The van der Waals surface area contributed by atoms with Crippen molar-refractivity contribution in [1.82, 2.24) is 16.0 Å². The molecule has 1 aromatic rings. The third-order valence-electron chi connectivity index (χ3n) is 5.26. The molecular weight excluding hydrogens is 324 g/mol. The number of guanidine groups is 1. The van der Waals surface area contributed by atoms with Crippen LogP contribution in [-0.4, -0.2) is 31.5 Å². The van der Waals surface area contributed by atoms with Crippen LogP contribution in [0.15, 0.2) is 29.3 Å². The molecule has 0 radical (unpaired) electrons. The molecule has 1 aliphatic rings. The molecule has 3 N–H and O–H groups in total. The Labute approximate surface area is 158 Å². The van der Waals surface area contributed by atoms with Crippen LogP contribution >= 0.6 is 0 Å². The van der Waals surface area contributed by atoms with Crippen molar-refractivity contribution < 1.29 is 4.79 Å². The molecule has 1 amide bonds. The average molecular weight is 359 g/mol. The average Bonchev–Trinajstić information content (AvgIpc) is 2.66. The highest BCUT2D eigenvalue weighted by Gasteiger charge is 2.23. The number of rotatable bonds is 6. The zero-order chi connectivity index (χ0) is 18.9. The minimum atomic E-state index is -0.0629. The van der Waals surface area contributed by atoms with E-state index in [0.29, 0.717) is 18.2 Å². The molecule has 0 aliphatic heterocycles. The Bertz CT molecular complexity index is 587. The van der Waals surface area contributed by atoms with E-state index in [2.05, 4.69) is 36.7 Å². The predicted octanol–water partition coefficient (Wildman–Crippen LogP) is 3.32. The monoisotopic (exact) mass is 358 g/mol. The van der Waals surface area contributed by atoms with Gasteiger partial charge < -0.3 is 16.0 Å². The van der Waals surface area contributed by atoms with Gasteiger partial charge in [-0.3, -0.25) is 4.79 Å². The van der Waals surface area contributed by atoms with Crippen LogP contribution in [-0.2, 0) is 6.54 Å². The van der Waals surface area contributed by atoms with Crippen molar-refractivity contribution in [1.29, 1.82) is 0 Å². The Kier molecular flexibility index (Phi) is 7.95. The standard InChI is InChI=1S/C21H34N4O/c1-5-23-21(25-19-12-10-17(11-13-19)15(2)3)24-14-16-6-8-18(9-7-16)20(26)22-4/h6-9,15,17,19H,5,10-14H2,1-4H3,(H,22,26)(H2,23,24,25). The van der Waals surface area contributed by atoms with E-state index in [9.17, 15) is 4.79 Å². The number of benzene rings is 1. The molecule has 0 unspecified atom stereocenters. The summed E-state index contributed by atoms with van der Waals surface area (Å²) in [5.74, 6) is 2.48. The molecule has 0 aromatic heterocycles. The smallest absolute Gasteiger partial charge is 0.251 e. The minimum absolute atomic E-state index is 0.0629. The highest BCUT2D eigenvalue weighted by molar-refractivity contribution is 5.93. The van der Waals surface area contributed by atoms with E-state index < -0.39 is 0 Å². The zero-order valence-corrected chi connectivity index (χ0v) is 16.6. The Morgan fingerprint density at radius 3 is 2.35 bits per heavy atom. The molecular formula is C21H34N4O. The van der Waals surface area contributed by atoms with Crippen molar-refractivity contribution in [2.45, 2.75) is 59.0 Å². The Balaban J connectivity index is 1.91. The lowest BCUT2D eigenvalue weighted by Gasteiger charge is -2.32. The van der Waals surface area contributed by atoms with E-state index in [1.165, 1.54) is 25.7 Å². The van der Waals surface area contributed by atoms with Crippen LogP contribution in [0.1, 0.15) is 62.4 Å². The Hall–Kier alpha value is -2.04. The topological polar surface area (TPSA) is 65.5 Å². The third kappa shape index (κ3) is 6.04. The second-order valence-electron chi connectivity index (χ2n) is 7.47. The van der Waals surface area contributed by atoms with Crippen LogP contribution < -0.4 is 16.0 Å². The van der Waals surface area contributed by atoms with Gasteiger partial charge in [-0.25, -0.2) is 4.99 Å². The molecule has 1 aromatic carbocycles. The summed E-state index contributed by atoms with van der Waals surface area (Å²) in [5.41, 5.74) is 1.77. The molecule has 5 heteroatoms. The first-order valence-corrected chi connectivity index (χ1v) is 9.89.